The number of amides is 2. The second-order valence-electron chi connectivity index (χ2n) is 7.95. The first-order chi connectivity index (χ1) is 14.5. The van der Waals surface area contributed by atoms with Crippen LogP contribution in [-0.4, -0.2) is 11.8 Å². The minimum Gasteiger partial charge on any atom is -0.274 e. The average Bonchev–Trinajstić information content (AvgIpc) is 3.02. The maximum absolute atomic E-state index is 13.8. The van der Waals surface area contributed by atoms with Crippen LogP contribution in [0.4, 0.5) is 5.69 Å². The standard InChI is InChI=1S/C24H14BrCl2NO2/c25-24-14-8-3-1-6-12(14)18(13-7-2-4-9-15(13)24)19-20(24)23(30)28(22(19)29)17-11-5-10-16(26)21(17)27/h1-11,18-20H/t18?,19-,20-,24?/m1/s1. The van der Waals surface area contributed by atoms with Crippen LogP contribution in [0.3, 0.4) is 0 Å². The number of hydrogen-bond acceptors (Lipinski definition) is 2. The van der Waals surface area contributed by atoms with E-state index in [1.54, 1.807) is 18.2 Å². The summed E-state index contributed by atoms with van der Waals surface area (Å²) in [6.07, 6.45) is 0. The lowest BCUT2D eigenvalue weighted by Gasteiger charge is -2.51. The summed E-state index contributed by atoms with van der Waals surface area (Å²) < 4.78 is -0.772. The van der Waals surface area contributed by atoms with Gasteiger partial charge in [0.25, 0.3) is 0 Å². The van der Waals surface area contributed by atoms with Crippen LogP contribution in [0.5, 0.6) is 0 Å². The molecule has 2 amide bonds. The van der Waals surface area contributed by atoms with Crippen molar-refractivity contribution < 1.29 is 9.59 Å². The fraction of sp³-hybridized carbons (Fsp3) is 0.167. The zero-order chi connectivity index (χ0) is 20.8. The van der Waals surface area contributed by atoms with Gasteiger partial charge < -0.3 is 0 Å². The van der Waals surface area contributed by atoms with Gasteiger partial charge in [0.15, 0.2) is 0 Å². The van der Waals surface area contributed by atoms with E-state index in [0.29, 0.717) is 10.7 Å². The van der Waals surface area contributed by atoms with Gasteiger partial charge in [-0.2, -0.15) is 0 Å². The molecule has 1 fully saturated rings. The monoisotopic (exact) mass is 497 g/mol. The van der Waals surface area contributed by atoms with E-state index < -0.39 is 16.2 Å². The molecule has 1 saturated heterocycles. The quantitative estimate of drug-likeness (QED) is 0.309. The SMILES string of the molecule is O=C1[C@@H]2C3c4ccccc4C(Br)(c4ccccc43)[C@H]2C(=O)N1c1cccc(Cl)c1Cl. The van der Waals surface area contributed by atoms with Crippen molar-refractivity contribution in [1.82, 2.24) is 0 Å². The number of anilines is 1. The van der Waals surface area contributed by atoms with Gasteiger partial charge in [-0.25, -0.2) is 4.90 Å². The van der Waals surface area contributed by atoms with Crippen molar-refractivity contribution in [2.75, 3.05) is 4.90 Å². The zero-order valence-electron chi connectivity index (χ0n) is 15.5. The fourth-order valence-corrected chi connectivity index (χ4v) is 7.16. The number of carbonyl (C=O) groups excluding carboxylic acids is 2. The summed E-state index contributed by atoms with van der Waals surface area (Å²) in [6, 6.07) is 21.2. The topological polar surface area (TPSA) is 37.4 Å². The van der Waals surface area contributed by atoms with Crippen molar-refractivity contribution in [3.8, 4) is 0 Å². The van der Waals surface area contributed by atoms with Crippen LogP contribution < -0.4 is 4.90 Å². The maximum atomic E-state index is 13.8. The van der Waals surface area contributed by atoms with Gasteiger partial charge in [-0.15, -0.1) is 0 Å². The Bertz CT molecular complexity index is 1230. The van der Waals surface area contributed by atoms with Gasteiger partial charge in [-0.1, -0.05) is 93.7 Å². The molecular formula is C24H14BrCl2NO2. The lowest BCUT2D eigenvalue weighted by atomic mass is 9.55. The Morgan fingerprint density at radius 2 is 1.40 bits per heavy atom. The number of benzene rings is 3. The Balaban J connectivity index is 1.63. The van der Waals surface area contributed by atoms with Crippen LogP contribution in [-0.2, 0) is 13.9 Å². The molecule has 0 radical (unpaired) electrons. The van der Waals surface area contributed by atoms with Gasteiger partial charge in [0.2, 0.25) is 11.8 Å². The van der Waals surface area contributed by atoms with Gasteiger partial charge in [0.05, 0.1) is 31.9 Å². The van der Waals surface area contributed by atoms with E-state index in [-0.39, 0.29) is 22.8 Å². The molecule has 0 unspecified atom stereocenters. The first kappa shape index (κ1) is 18.6. The van der Waals surface area contributed by atoms with Crippen LogP contribution >= 0.6 is 39.1 Å². The number of hydrogen-bond donors (Lipinski definition) is 0. The van der Waals surface area contributed by atoms with Gasteiger partial charge in [-0.05, 0) is 34.4 Å². The molecule has 2 atom stereocenters. The molecule has 148 valence electrons. The van der Waals surface area contributed by atoms with Gasteiger partial charge in [0.1, 0.15) is 0 Å². The molecule has 6 heteroatoms. The summed E-state index contributed by atoms with van der Waals surface area (Å²) in [5.74, 6) is -1.72. The largest absolute Gasteiger partial charge is 0.274 e. The molecule has 30 heavy (non-hydrogen) atoms. The van der Waals surface area contributed by atoms with Crippen LogP contribution in [0.25, 0.3) is 0 Å². The van der Waals surface area contributed by atoms with E-state index in [0.717, 1.165) is 22.3 Å². The number of rotatable bonds is 1. The minimum atomic E-state index is -0.772. The molecule has 4 aliphatic rings. The van der Waals surface area contributed by atoms with Crippen molar-refractivity contribution in [3.63, 3.8) is 0 Å². The van der Waals surface area contributed by atoms with E-state index in [4.69, 9.17) is 23.2 Å². The third-order valence-electron chi connectivity index (χ3n) is 6.69. The summed E-state index contributed by atoms with van der Waals surface area (Å²) >= 11 is 16.6. The van der Waals surface area contributed by atoms with Crippen molar-refractivity contribution in [1.29, 1.82) is 0 Å². The number of carbonyl (C=O) groups is 2. The molecule has 3 aromatic carbocycles. The molecule has 1 heterocycles. The van der Waals surface area contributed by atoms with Crippen LogP contribution in [0.2, 0.25) is 10.0 Å². The summed E-state index contributed by atoms with van der Waals surface area (Å²) in [4.78, 5) is 28.8. The van der Waals surface area contributed by atoms with Crippen LogP contribution in [0, 0.1) is 11.8 Å². The predicted octanol–water partition coefficient (Wildman–Crippen LogP) is 5.90. The molecular weight excluding hydrogens is 485 g/mol. The second-order valence-corrected chi connectivity index (χ2v) is 9.99. The van der Waals surface area contributed by atoms with E-state index in [1.807, 2.05) is 24.3 Å². The third kappa shape index (κ3) is 2.07. The molecule has 7 rings (SSSR count). The second kappa shape index (κ2) is 6.19. The van der Waals surface area contributed by atoms with Crippen molar-refractivity contribution in [2.45, 2.75) is 10.2 Å². The molecule has 3 nitrogen and oxygen atoms in total. The Morgan fingerprint density at radius 3 is 2.03 bits per heavy atom. The maximum Gasteiger partial charge on any atom is 0.239 e. The number of alkyl halides is 1. The summed E-state index contributed by atoms with van der Waals surface area (Å²) in [6.45, 7) is 0. The Hall–Kier alpha value is -2.14. The highest BCUT2D eigenvalue weighted by Gasteiger charge is 2.67. The third-order valence-corrected chi connectivity index (χ3v) is 8.84. The van der Waals surface area contributed by atoms with Crippen molar-refractivity contribution >= 4 is 56.6 Å². The highest BCUT2D eigenvalue weighted by molar-refractivity contribution is 9.09. The molecule has 2 bridgehead atoms. The smallest absolute Gasteiger partial charge is 0.239 e. The lowest BCUT2D eigenvalue weighted by Crippen LogP contribution is -2.50. The molecule has 3 aromatic rings. The number of halogens is 3. The summed E-state index contributed by atoms with van der Waals surface area (Å²) in [5.41, 5.74) is 4.63. The average molecular weight is 499 g/mol. The normalized spacial score (nSPS) is 28.4. The van der Waals surface area contributed by atoms with E-state index in [2.05, 4.69) is 40.2 Å². The van der Waals surface area contributed by atoms with Gasteiger partial charge in [-0.3, -0.25) is 9.59 Å². The summed E-state index contributed by atoms with van der Waals surface area (Å²) in [5, 5.41) is 0.526. The van der Waals surface area contributed by atoms with Crippen LogP contribution in [0.1, 0.15) is 28.2 Å². The Labute approximate surface area is 191 Å². The molecule has 3 aliphatic carbocycles. The highest BCUT2D eigenvalue weighted by Crippen LogP contribution is 2.66. The predicted molar refractivity (Wildman–Crippen MR) is 120 cm³/mol. The zero-order valence-corrected chi connectivity index (χ0v) is 18.6. The highest BCUT2D eigenvalue weighted by atomic mass is 79.9. The number of nitrogens with zero attached hydrogens (tertiary/aromatic N) is 1. The minimum absolute atomic E-state index is 0.179. The van der Waals surface area contributed by atoms with Gasteiger partial charge in [0, 0.05) is 5.92 Å². The molecule has 0 spiro atoms. The molecule has 0 N–H and O–H groups in total. The molecule has 0 saturated carbocycles. The Morgan fingerprint density at radius 1 is 0.800 bits per heavy atom. The first-order valence-electron chi connectivity index (χ1n) is 9.65. The van der Waals surface area contributed by atoms with Crippen molar-refractivity contribution in [2.24, 2.45) is 11.8 Å². The lowest BCUT2D eigenvalue weighted by molar-refractivity contribution is -0.122. The van der Waals surface area contributed by atoms with Gasteiger partial charge >= 0.3 is 0 Å². The fourth-order valence-electron chi connectivity index (χ4n) is 5.58. The van der Waals surface area contributed by atoms with Crippen LogP contribution in [0.15, 0.2) is 66.7 Å². The first-order valence-corrected chi connectivity index (χ1v) is 11.2. The molecule has 1 aliphatic heterocycles. The Kier molecular flexibility index (Phi) is 3.84. The number of imide groups is 1. The van der Waals surface area contributed by atoms with E-state index in [1.165, 1.54) is 4.90 Å². The molecule has 0 aromatic heterocycles. The van der Waals surface area contributed by atoms with E-state index >= 15 is 0 Å². The van der Waals surface area contributed by atoms with E-state index in [9.17, 15) is 9.59 Å². The summed E-state index contributed by atoms with van der Waals surface area (Å²) in [7, 11) is 0. The van der Waals surface area contributed by atoms with Crippen molar-refractivity contribution in [3.05, 3.63) is 99.0 Å².